The lowest BCUT2D eigenvalue weighted by Crippen LogP contribution is -2.41. The summed E-state index contributed by atoms with van der Waals surface area (Å²) >= 11 is 0. The van der Waals surface area contributed by atoms with Gasteiger partial charge in [-0.3, -0.25) is 9.58 Å². The van der Waals surface area contributed by atoms with Crippen molar-refractivity contribution in [3.8, 4) is 0 Å². The van der Waals surface area contributed by atoms with Crippen molar-refractivity contribution in [2.45, 2.75) is 39.2 Å². The maximum atomic E-state index is 11.3. The number of carbonyl (C=O) groups is 1. The van der Waals surface area contributed by atoms with Gasteiger partial charge in [0.1, 0.15) is 11.4 Å². The molecule has 0 aliphatic carbocycles. The highest BCUT2D eigenvalue weighted by atomic mass is 16.4. The number of piperidine rings is 1. The minimum Gasteiger partial charge on any atom is -0.477 e. The number of hydrogen-bond acceptors (Lipinski definition) is 4. The van der Waals surface area contributed by atoms with Crippen LogP contribution in [-0.2, 0) is 7.05 Å². The van der Waals surface area contributed by atoms with Crippen molar-refractivity contribution in [1.82, 2.24) is 14.7 Å². The summed E-state index contributed by atoms with van der Waals surface area (Å²) in [7, 11) is 1.77. The average molecular weight is 280 g/mol. The minimum atomic E-state index is -0.927. The number of likely N-dealkylation sites (tertiary alicyclic amines) is 1. The van der Waals surface area contributed by atoms with Gasteiger partial charge < -0.3 is 10.4 Å². The average Bonchev–Trinajstić information content (AvgIpc) is 2.71. The first kappa shape index (κ1) is 14.8. The monoisotopic (exact) mass is 280 g/mol. The molecule has 1 atom stereocenters. The Kier molecular flexibility index (Phi) is 4.65. The predicted molar refractivity (Wildman–Crippen MR) is 78.3 cm³/mol. The number of carboxylic acids is 1. The summed E-state index contributed by atoms with van der Waals surface area (Å²) in [6.45, 7) is 6.92. The van der Waals surface area contributed by atoms with E-state index in [1.54, 1.807) is 18.7 Å². The van der Waals surface area contributed by atoms with Crippen molar-refractivity contribution in [1.29, 1.82) is 0 Å². The highest BCUT2D eigenvalue weighted by Gasteiger charge is 2.21. The number of aromatic carboxylic acids is 1. The summed E-state index contributed by atoms with van der Waals surface area (Å²) in [6, 6.07) is 0.396. The highest BCUT2D eigenvalue weighted by Crippen LogP contribution is 2.19. The zero-order valence-corrected chi connectivity index (χ0v) is 12.5. The Labute approximate surface area is 119 Å². The molecule has 0 radical (unpaired) electrons. The molecule has 2 N–H and O–H groups in total. The van der Waals surface area contributed by atoms with E-state index >= 15 is 0 Å². The smallest absolute Gasteiger partial charge is 0.341 e. The molecule has 1 aliphatic heterocycles. The van der Waals surface area contributed by atoms with Crippen LogP contribution >= 0.6 is 0 Å². The van der Waals surface area contributed by atoms with Crippen LogP contribution in [0.3, 0.4) is 0 Å². The highest BCUT2D eigenvalue weighted by molar-refractivity contribution is 5.94. The Bertz CT molecular complexity index is 478. The van der Waals surface area contributed by atoms with Gasteiger partial charge in [-0.05, 0) is 39.8 Å². The Balaban J connectivity index is 2.01. The standard InChI is InChI=1S/C14H24N4O2/c1-10(18-7-5-4-6-8-18)9-15-13-12(14(19)20)11(2)16-17(13)3/h10,15H,4-9H2,1-3H3,(H,19,20). The number of nitrogens with zero attached hydrogens (tertiary/aromatic N) is 3. The fourth-order valence-corrected chi connectivity index (χ4v) is 2.85. The lowest BCUT2D eigenvalue weighted by molar-refractivity contribution is 0.0697. The lowest BCUT2D eigenvalue weighted by atomic mass is 10.1. The topological polar surface area (TPSA) is 70.4 Å². The van der Waals surface area contributed by atoms with Gasteiger partial charge in [0.05, 0.1) is 5.69 Å². The summed E-state index contributed by atoms with van der Waals surface area (Å²) in [5, 5.41) is 16.7. The van der Waals surface area contributed by atoms with Crippen LogP contribution in [0, 0.1) is 6.92 Å². The first-order valence-electron chi connectivity index (χ1n) is 7.25. The quantitative estimate of drug-likeness (QED) is 0.859. The van der Waals surface area contributed by atoms with Gasteiger partial charge >= 0.3 is 5.97 Å². The molecule has 1 aromatic rings. The SMILES string of the molecule is Cc1nn(C)c(NCC(C)N2CCCCC2)c1C(=O)O. The van der Waals surface area contributed by atoms with Gasteiger partial charge in [0.25, 0.3) is 0 Å². The summed E-state index contributed by atoms with van der Waals surface area (Å²) in [6.07, 6.45) is 3.84. The van der Waals surface area contributed by atoms with Crippen molar-refractivity contribution < 1.29 is 9.90 Å². The second-order valence-corrected chi connectivity index (χ2v) is 5.56. The number of aryl methyl sites for hydroxylation is 2. The predicted octanol–water partition coefficient (Wildman–Crippen LogP) is 1.71. The Morgan fingerprint density at radius 2 is 2.05 bits per heavy atom. The molecule has 1 aliphatic rings. The molecule has 6 heteroatoms. The molecule has 0 spiro atoms. The van der Waals surface area contributed by atoms with E-state index < -0.39 is 5.97 Å². The number of hydrogen-bond donors (Lipinski definition) is 2. The molecule has 1 aromatic heterocycles. The molecule has 2 heterocycles. The first-order chi connectivity index (χ1) is 9.50. The second kappa shape index (κ2) is 6.26. The Morgan fingerprint density at radius 3 is 2.65 bits per heavy atom. The number of carboxylic acid groups (broad SMARTS) is 1. The molecule has 0 amide bonds. The van der Waals surface area contributed by atoms with Crippen molar-refractivity contribution in [2.75, 3.05) is 25.0 Å². The maximum absolute atomic E-state index is 11.3. The van der Waals surface area contributed by atoms with Crippen LogP contribution in [0.25, 0.3) is 0 Å². The molecule has 6 nitrogen and oxygen atoms in total. The number of rotatable bonds is 5. The number of anilines is 1. The lowest BCUT2D eigenvalue weighted by Gasteiger charge is -2.32. The fourth-order valence-electron chi connectivity index (χ4n) is 2.85. The molecular formula is C14H24N4O2. The first-order valence-corrected chi connectivity index (χ1v) is 7.25. The third kappa shape index (κ3) is 3.12. The summed E-state index contributed by atoms with van der Waals surface area (Å²) in [4.78, 5) is 13.8. The van der Waals surface area contributed by atoms with Crippen LogP contribution in [-0.4, -0.2) is 51.4 Å². The molecule has 0 aromatic carbocycles. The van der Waals surface area contributed by atoms with Crippen molar-refractivity contribution in [3.63, 3.8) is 0 Å². The normalized spacial score (nSPS) is 17.9. The van der Waals surface area contributed by atoms with Gasteiger partial charge in [0, 0.05) is 19.6 Å². The molecule has 1 fully saturated rings. The van der Waals surface area contributed by atoms with Crippen LogP contribution in [0.2, 0.25) is 0 Å². The van der Waals surface area contributed by atoms with Gasteiger partial charge in [0.2, 0.25) is 0 Å². The fraction of sp³-hybridized carbons (Fsp3) is 0.714. The zero-order chi connectivity index (χ0) is 14.7. The van der Waals surface area contributed by atoms with Crippen molar-refractivity contribution >= 4 is 11.8 Å². The number of nitrogens with one attached hydrogen (secondary N) is 1. The zero-order valence-electron chi connectivity index (χ0n) is 12.5. The van der Waals surface area contributed by atoms with E-state index in [4.69, 9.17) is 0 Å². The van der Waals surface area contributed by atoms with E-state index in [1.807, 2.05) is 0 Å². The third-order valence-corrected chi connectivity index (χ3v) is 4.01. The third-order valence-electron chi connectivity index (χ3n) is 4.01. The van der Waals surface area contributed by atoms with Crippen LogP contribution in [0.5, 0.6) is 0 Å². The van der Waals surface area contributed by atoms with Crippen LogP contribution in [0.1, 0.15) is 42.2 Å². The van der Waals surface area contributed by atoms with Gasteiger partial charge in [-0.25, -0.2) is 4.79 Å². The molecule has 1 saturated heterocycles. The van der Waals surface area contributed by atoms with E-state index in [0.29, 0.717) is 17.6 Å². The molecule has 0 saturated carbocycles. The van der Waals surface area contributed by atoms with Gasteiger partial charge in [0.15, 0.2) is 0 Å². The molecular weight excluding hydrogens is 256 g/mol. The van der Waals surface area contributed by atoms with Crippen LogP contribution in [0.15, 0.2) is 0 Å². The summed E-state index contributed by atoms with van der Waals surface area (Å²) < 4.78 is 1.61. The molecule has 20 heavy (non-hydrogen) atoms. The van der Waals surface area contributed by atoms with E-state index in [9.17, 15) is 9.90 Å². The van der Waals surface area contributed by atoms with Gasteiger partial charge in [-0.15, -0.1) is 0 Å². The van der Waals surface area contributed by atoms with Gasteiger partial charge in [-0.1, -0.05) is 6.42 Å². The summed E-state index contributed by atoms with van der Waals surface area (Å²) in [5.41, 5.74) is 0.825. The number of aromatic nitrogens is 2. The molecule has 2 rings (SSSR count). The van der Waals surface area contributed by atoms with E-state index in [0.717, 1.165) is 19.6 Å². The minimum absolute atomic E-state index is 0.276. The van der Waals surface area contributed by atoms with E-state index in [-0.39, 0.29) is 5.56 Å². The molecule has 0 bridgehead atoms. The Hall–Kier alpha value is -1.56. The summed E-state index contributed by atoms with van der Waals surface area (Å²) in [5.74, 6) is -0.331. The largest absolute Gasteiger partial charge is 0.477 e. The van der Waals surface area contributed by atoms with E-state index in [2.05, 4.69) is 22.2 Å². The van der Waals surface area contributed by atoms with Crippen molar-refractivity contribution in [3.05, 3.63) is 11.3 Å². The van der Waals surface area contributed by atoms with Gasteiger partial charge in [-0.2, -0.15) is 5.10 Å². The Morgan fingerprint density at radius 1 is 1.40 bits per heavy atom. The van der Waals surface area contributed by atoms with E-state index in [1.165, 1.54) is 19.3 Å². The van der Waals surface area contributed by atoms with Crippen molar-refractivity contribution in [2.24, 2.45) is 7.05 Å². The van der Waals surface area contributed by atoms with Crippen LogP contribution < -0.4 is 5.32 Å². The molecule has 112 valence electrons. The second-order valence-electron chi connectivity index (χ2n) is 5.56. The molecule has 1 unspecified atom stereocenters. The maximum Gasteiger partial charge on any atom is 0.341 e. The van der Waals surface area contributed by atoms with Crippen LogP contribution in [0.4, 0.5) is 5.82 Å².